The number of hydrogen-bond acceptors (Lipinski definition) is 8. The Balaban J connectivity index is 1.49. The standard InChI is InChI=1S/C23H27N7O2S/c1-29(2)12-13-30(17-24)23(25)26-19-10-8-18(9-11-19)22-28-27-21(32-22)16-33-15-14-31-20-6-4-3-5-7-20/h3-11H,12-16H2,1-2H3,(H2,25,26). The Kier molecular flexibility index (Phi) is 9.11. The molecule has 0 amide bonds. The Labute approximate surface area is 197 Å². The molecule has 0 unspecified atom stereocenters. The Hall–Kier alpha value is -3.55. The van der Waals surface area contributed by atoms with Gasteiger partial charge in [0.2, 0.25) is 17.7 Å². The first-order valence-corrected chi connectivity index (χ1v) is 11.5. The van der Waals surface area contributed by atoms with Crippen LogP contribution in [0.3, 0.4) is 0 Å². The van der Waals surface area contributed by atoms with Crippen molar-refractivity contribution >= 4 is 23.4 Å². The van der Waals surface area contributed by atoms with Crippen LogP contribution in [0.4, 0.5) is 5.69 Å². The first-order chi connectivity index (χ1) is 16.0. The lowest BCUT2D eigenvalue weighted by molar-refractivity contribution is 0.344. The maximum atomic E-state index is 9.29. The van der Waals surface area contributed by atoms with E-state index in [1.54, 1.807) is 23.9 Å². The van der Waals surface area contributed by atoms with Crippen LogP contribution < -0.4 is 10.5 Å². The summed E-state index contributed by atoms with van der Waals surface area (Å²) in [7, 11) is 3.87. The van der Waals surface area contributed by atoms with Crippen LogP contribution in [-0.2, 0) is 5.75 Å². The van der Waals surface area contributed by atoms with Gasteiger partial charge >= 0.3 is 0 Å². The number of nitrogens with zero attached hydrogens (tertiary/aromatic N) is 6. The molecule has 0 atom stereocenters. The number of likely N-dealkylation sites (N-methyl/N-ethyl adjacent to an activating group) is 1. The first-order valence-electron chi connectivity index (χ1n) is 10.4. The normalized spacial score (nSPS) is 11.4. The fourth-order valence-electron chi connectivity index (χ4n) is 2.71. The second-order valence-electron chi connectivity index (χ2n) is 7.29. The van der Waals surface area contributed by atoms with E-state index in [-0.39, 0.29) is 5.96 Å². The molecule has 1 heterocycles. The molecule has 2 N–H and O–H groups in total. The summed E-state index contributed by atoms with van der Waals surface area (Å²) in [4.78, 5) is 7.66. The van der Waals surface area contributed by atoms with Crippen molar-refractivity contribution in [1.82, 2.24) is 20.0 Å². The topological polar surface area (TPSA) is 117 Å². The number of ether oxygens (including phenoxy) is 1. The van der Waals surface area contributed by atoms with E-state index in [0.717, 1.165) is 17.1 Å². The fourth-order valence-corrected chi connectivity index (χ4v) is 3.35. The lowest BCUT2D eigenvalue weighted by Gasteiger charge is -2.17. The van der Waals surface area contributed by atoms with Crippen LogP contribution in [0.5, 0.6) is 5.75 Å². The minimum absolute atomic E-state index is 0.153. The molecule has 1 aromatic heterocycles. The third-order valence-electron chi connectivity index (χ3n) is 4.46. The first kappa shape index (κ1) is 24.1. The van der Waals surface area contributed by atoms with Gasteiger partial charge in [-0.15, -0.1) is 22.0 Å². The SMILES string of the molecule is CN(C)CCN(C#N)C(N)=Nc1ccc(-c2nnc(CSCCOc3ccccc3)o2)cc1. The zero-order valence-corrected chi connectivity index (χ0v) is 19.5. The van der Waals surface area contributed by atoms with Crippen LogP contribution in [0.2, 0.25) is 0 Å². The minimum Gasteiger partial charge on any atom is -0.493 e. The molecule has 33 heavy (non-hydrogen) atoms. The largest absolute Gasteiger partial charge is 0.493 e. The summed E-state index contributed by atoms with van der Waals surface area (Å²) < 4.78 is 11.4. The van der Waals surface area contributed by atoms with Crippen LogP contribution in [-0.4, -0.2) is 65.5 Å². The molecule has 0 aliphatic rings. The summed E-state index contributed by atoms with van der Waals surface area (Å²) in [6.45, 7) is 1.78. The molecule has 172 valence electrons. The number of guanidine groups is 1. The number of aliphatic imine (C=N–C) groups is 1. The van der Waals surface area contributed by atoms with Gasteiger partial charge in [-0.25, -0.2) is 9.89 Å². The van der Waals surface area contributed by atoms with E-state index in [4.69, 9.17) is 14.9 Å². The maximum Gasteiger partial charge on any atom is 0.247 e. The molecular weight excluding hydrogens is 438 g/mol. The summed E-state index contributed by atoms with van der Waals surface area (Å²) in [5.41, 5.74) is 7.40. The fraction of sp³-hybridized carbons (Fsp3) is 0.304. The molecule has 0 saturated carbocycles. The summed E-state index contributed by atoms with van der Waals surface area (Å²) in [5, 5.41) is 17.5. The second-order valence-corrected chi connectivity index (χ2v) is 8.39. The van der Waals surface area contributed by atoms with E-state index in [2.05, 4.69) is 21.4 Å². The molecule has 2 aromatic carbocycles. The van der Waals surface area contributed by atoms with E-state index in [9.17, 15) is 5.26 Å². The quantitative estimate of drug-likeness (QED) is 0.150. The molecule has 10 heteroatoms. The van der Waals surface area contributed by atoms with Gasteiger partial charge in [0.05, 0.1) is 18.0 Å². The van der Waals surface area contributed by atoms with Gasteiger partial charge < -0.3 is 19.8 Å². The second kappa shape index (κ2) is 12.5. The van der Waals surface area contributed by atoms with E-state index >= 15 is 0 Å². The zero-order chi connectivity index (χ0) is 23.5. The van der Waals surface area contributed by atoms with Crippen molar-refractivity contribution in [2.24, 2.45) is 10.7 Å². The van der Waals surface area contributed by atoms with Gasteiger partial charge in [0, 0.05) is 24.4 Å². The molecule has 3 rings (SSSR count). The Bertz CT molecular complexity index is 1060. The molecule has 0 saturated heterocycles. The van der Waals surface area contributed by atoms with Gasteiger partial charge in [-0.05, 0) is 50.5 Å². The highest BCUT2D eigenvalue weighted by atomic mass is 32.2. The lowest BCUT2D eigenvalue weighted by Crippen LogP contribution is -2.37. The number of benzene rings is 2. The van der Waals surface area contributed by atoms with Crippen molar-refractivity contribution in [2.45, 2.75) is 5.75 Å². The third-order valence-corrected chi connectivity index (χ3v) is 5.36. The van der Waals surface area contributed by atoms with Crippen LogP contribution in [0.25, 0.3) is 11.5 Å². The summed E-state index contributed by atoms with van der Waals surface area (Å²) in [6.07, 6.45) is 2.06. The van der Waals surface area contributed by atoms with E-state index < -0.39 is 0 Å². The molecule has 0 fully saturated rings. The molecule has 9 nitrogen and oxygen atoms in total. The summed E-state index contributed by atoms with van der Waals surface area (Å²) in [5.74, 6) is 3.45. The summed E-state index contributed by atoms with van der Waals surface area (Å²) in [6, 6.07) is 17.0. The number of rotatable bonds is 11. The number of thioether (sulfide) groups is 1. The van der Waals surface area contributed by atoms with Crippen LogP contribution >= 0.6 is 11.8 Å². The summed E-state index contributed by atoms with van der Waals surface area (Å²) >= 11 is 1.67. The number of nitrogens with two attached hydrogens (primary N) is 1. The molecule has 0 aliphatic carbocycles. The van der Waals surface area contributed by atoms with Crippen molar-refractivity contribution in [1.29, 1.82) is 5.26 Å². The highest BCUT2D eigenvalue weighted by molar-refractivity contribution is 7.98. The zero-order valence-electron chi connectivity index (χ0n) is 18.7. The van der Waals surface area contributed by atoms with Gasteiger partial charge in [0.15, 0.2) is 6.19 Å². The van der Waals surface area contributed by atoms with Crippen molar-refractivity contribution in [3.05, 3.63) is 60.5 Å². The van der Waals surface area contributed by atoms with Crippen LogP contribution in [0.15, 0.2) is 64.0 Å². The number of para-hydroxylation sites is 1. The van der Waals surface area contributed by atoms with Gasteiger partial charge in [0.25, 0.3) is 0 Å². The number of nitriles is 1. The molecule has 3 aromatic rings. The highest BCUT2D eigenvalue weighted by Crippen LogP contribution is 2.23. The minimum atomic E-state index is 0.153. The number of aromatic nitrogens is 2. The Morgan fingerprint density at radius 2 is 1.88 bits per heavy atom. The van der Waals surface area contributed by atoms with Gasteiger partial charge in [-0.3, -0.25) is 0 Å². The smallest absolute Gasteiger partial charge is 0.247 e. The lowest BCUT2D eigenvalue weighted by atomic mass is 10.2. The van der Waals surface area contributed by atoms with E-state index in [0.29, 0.717) is 42.9 Å². The average molecular weight is 466 g/mol. The predicted octanol–water partition coefficient (Wildman–Crippen LogP) is 3.34. The van der Waals surface area contributed by atoms with Crippen LogP contribution in [0, 0.1) is 11.5 Å². The van der Waals surface area contributed by atoms with Crippen molar-refractivity contribution in [3.8, 4) is 23.4 Å². The van der Waals surface area contributed by atoms with Gasteiger partial charge in [-0.2, -0.15) is 5.26 Å². The number of hydrogen-bond donors (Lipinski definition) is 1. The predicted molar refractivity (Wildman–Crippen MR) is 130 cm³/mol. The van der Waals surface area contributed by atoms with Crippen LogP contribution in [0.1, 0.15) is 5.89 Å². The molecular formula is C23H27N7O2S. The van der Waals surface area contributed by atoms with Crippen molar-refractivity contribution in [3.63, 3.8) is 0 Å². The average Bonchev–Trinajstić information content (AvgIpc) is 3.29. The maximum absolute atomic E-state index is 9.29. The van der Waals surface area contributed by atoms with Crippen molar-refractivity contribution in [2.75, 3.05) is 39.5 Å². The third kappa shape index (κ3) is 7.82. The molecule has 0 spiro atoms. The molecule has 0 bridgehead atoms. The van der Waals surface area contributed by atoms with Gasteiger partial charge in [0.1, 0.15) is 5.75 Å². The van der Waals surface area contributed by atoms with E-state index in [1.165, 1.54) is 4.90 Å². The molecule has 0 radical (unpaired) electrons. The van der Waals surface area contributed by atoms with Crippen molar-refractivity contribution < 1.29 is 9.15 Å². The van der Waals surface area contributed by atoms with Gasteiger partial charge in [-0.1, -0.05) is 18.2 Å². The monoisotopic (exact) mass is 465 g/mol. The Morgan fingerprint density at radius 3 is 2.58 bits per heavy atom. The Morgan fingerprint density at radius 1 is 1.12 bits per heavy atom. The highest BCUT2D eigenvalue weighted by Gasteiger charge is 2.10. The molecule has 0 aliphatic heterocycles. The van der Waals surface area contributed by atoms with E-state index in [1.807, 2.05) is 61.5 Å².